The number of hydrogen-bond acceptors (Lipinski definition) is 5. The van der Waals surface area contributed by atoms with Gasteiger partial charge >= 0.3 is 0 Å². The van der Waals surface area contributed by atoms with Crippen LogP contribution in [0.2, 0.25) is 0 Å². The van der Waals surface area contributed by atoms with Crippen LogP contribution >= 0.6 is 0 Å². The number of rotatable bonds is 6. The average Bonchev–Trinajstić information content (AvgIpc) is 3.01. The Balaban J connectivity index is 1.71. The van der Waals surface area contributed by atoms with Crippen molar-refractivity contribution in [2.24, 2.45) is 11.5 Å². The fourth-order valence-corrected chi connectivity index (χ4v) is 2.44. The smallest absolute Gasteiger partial charge is 0.243 e. The zero-order chi connectivity index (χ0) is 16.2. The molecule has 3 aromatic rings. The highest BCUT2D eigenvalue weighted by Gasteiger charge is 2.15. The van der Waals surface area contributed by atoms with Crippen molar-refractivity contribution in [3.8, 4) is 0 Å². The Labute approximate surface area is 133 Å². The van der Waals surface area contributed by atoms with Gasteiger partial charge in [0.2, 0.25) is 11.8 Å². The maximum atomic E-state index is 10.8. The molecule has 0 aliphatic rings. The third kappa shape index (κ3) is 3.73. The standard InChI is InChI=1S/C17H18N4O2/c18-14(7-8-15(19)22)17-20-16(21-23-17)10-11-5-6-12-3-1-2-4-13(12)9-11/h1-6,9,14H,7-8,10,18H2,(H2,19,22)/t14-/m0/s1. The summed E-state index contributed by atoms with van der Waals surface area (Å²) in [6.45, 7) is 0. The third-order valence-corrected chi connectivity index (χ3v) is 3.68. The summed E-state index contributed by atoms with van der Waals surface area (Å²) in [6.07, 6.45) is 1.16. The van der Waals surface area contributed by atoms with E-state index in [1.807, 2.05) is 18.2 Å². The lowest BCUT2D eigenvalue weighted by molar-refractivity contribution is -0.118. The molecule has 6 heteroatoms. The van der Waals surface area contributed by atoms with E-state index < -0.39 is 11.9 Å². The van der Waals surface area contributed by atoms with Crippen LogP contribution in [0.25, 0.3) is 10.8 Å². The molecule has 2 aromatic carbocycles. The first-order valence-electron chi connectivity index (χ1n) is 7.46. The van der Waals surface area contributed by atoms with Crippen molar-refractivity contribution in [1.29, 1.82) is 0 Å². The molecule has 1 heterocycles. The summed E-state index contributed by atoms with van der Waals surface area (Å²) in [5.41, 5.74) is 12.1. The maximum absolute atomic E-state index is 10.8. The van der Waals surface area contributed by atoms with Crippen molar-refractivity contribution in [2.45, 2.75) is 25.3 Å². The molecule has 0 fully saturated rings. The number of primary amides is 1. The number of amides is 1. The number of carbonyl (C=O) groups excluding carboxylic acids is 1. The van der Waals surface area contributed by atoms with Crippen molar-refractivity contribution >= 4 is 16.7 Å². The second-order valence-corrected chi connectivity index (χ2v) is 5.52. The molecule has 0 saturated carbocycles. The first-order valence-corrected chi connectivity index (χ1v) is 7.46. The minimum atomic E-state index is -0.472. The Morgan fingerprint density at radius 3 is 2.74 bits per heavy atom. The molecule has 0 aliphatic heterocycles. The summed E-state index contributed by atoms with van der Waals surface area (Å²) >= 11 is 0. The minimum Gasteiger partial charge on any atom is -0.370 e. The maximum Gasteiger partial charge on any atom is 0.243 e. The largest absolute Gasteiger partial charge is 0.370 e. The monoisotopic (exact) mass is 310 g/mol. The number of fused-ring (bicyclic) bond motifs is 1. The van der Waals surface area contributed by atoms with Crippen LogP contribution in [0.3, 0.4) is 0 Å². The summed E-state index contributed by atoms with van der Waals surface area (Å²) in [5.74, 6) is 0.517. The van der Waals surface area contributed by atoms with Gasteiger partial charge in [0.25, 0.3) is 0 Å². The molecule has 1 aromatic heterocycles. The van der Waals surface area contributed by atoms with Crippen LogP contribution in [0.5, 0.6) is 0 Å². The molecule has 1 amide bonds. The zero-order valence-corrected chi connectivity index (χ0v) is 12.6. The third-order valence-electron chi connectivity index (χ3n) is 3.68. The second-order valence-electron chi connectivity index (χ2n) is 5.52. The molecule has 0 aliphatic carbocycles. The normalized spacial score (nSPS) is 12.4. The Morgan fingerprint density at radius 2 is 1.96 bits per heavy atom. The number of nitrogens with two attached hydrogens (primary N) is 2. The SMILES string of the molecule is NC(=O)CC[C@H](N)c1nc(Cc2ccc3ccccc3c2)no1. The molecule has 0 unspecified atom stereocenters. The Morgan fingerprint density at radius 1 is 1.17 bits per heavy atom. The summed E-state index contributed by atoms with van der Waals surface area (Å²) in [6, 6.07) is 13.9. The van der Waals surface area contributed by atoms with Crippen molar-refractivity contribution in [2.75, 3.05) is 0 Å². The average molecular weight is 310 g/mol. The van der Waals surface area contributed by atoms with Gasteiger partial charge in [0.1, 0.15) is 0 Å². The Hall–Kier alpha value is -2.73. The quantitative estimate of drug-likeness (QED) is 0.724. The molecule has 1 atom stereocenters. The van der Waals surface area contributed by atoms with Crippen molar-refractivity contribution in [3.05, 3.63) is 59.7 Å². The number of nitrogens with zero attached hydrogens (tertiary/aromatic N) is 2. The topological polar surface area (TPSA) is 108 Å². The van der Waals surface area contributed by atoms with Gasteiger partial charge in [0, 0.05) is 12.8 Å². The Kier molecular flexibility index (Phi) is 4.34. The van der Waals surface area contributed by atoms with Gasteiger partial charge in [-0.15, -0.1) is 0 Å². The molecule has 118 valence electrons. The van der Waals surface area contributed by atoms with E-state index in [1.54, 1.807) is 0 Å². The van der Waals surface area contributed by atoms with E-state index in [-0.39, 0.29) is 6.42 Å². The number of benzene rings is 2. The van der Waals surface area contributed by atoms with Gasteiger partial charge in [0.15, 0.2) is 5.82 Å². The fourth-order valence-electron chi connectivity index (χ4n) is 2.44. The van der Waals surface area contributed by atoms with Gasteiger partial charge < -0.3 is 16.0 Å². The highest BCUT2D eigenvalue weighted by molar-refractivity contribution is 5.83. The summed E-state index contributed by atoms with van der Waals surface area (Å²) in [4.78, 5) is 15.1. The number of hydrogen-bond donors (Lipinski definition) is 2. The highest BCUT2D eigenvalue weighted by atomic mass is 16.5. The van der Waals surface area contributed by atoms with E-state index in [0.717, 1.165) is 5.56 Å². The zero-order valence-electron chi connectivity index (χ0n) is 12.6. The molecule has 3 rings (SSSR count). The second kappa shape index (κ2) is 6.58. The van der Waals surface area contributed by atoms with Crippen LogP contribution in [0, 0.1) is 0 Å². The van der Waals surface area contributed by atoms with E-state index in [2.05, 4.69) is 34.4 Å². The lowest BCUT2D eigenvalue weighted by Gasteiger charge is -2.03. The lowest BCUT2D eigenvalue weighted by atomic mass is 10.1. The lowest BCUT2D eigenvalue weighted by Crippen LogP contribution is -2.16. The molecular weight excluding hydrogens is 292 g/mol. The summed E-state index contributed by atoms with van der Waals surface area (Å²) in [5, 5.41) is 6.32. The predicted molar refractivity (Wildman–Crippen MR) is 86.4 cm³/mol. The van der Waals surface area contributed by atoms with Gasteiger partial charge in [-0.2, -0.15) is 4.98 Å². The molecule has 0 spiro atoms. The highest BCUT2D eigenvalue weighted by Crippen LogP contribution is 2.18. The first kappa shape index (κ1) is 15.2. The van der Waals surface area contributed by atoms with Crippen LogP contribution in [0.4, 0.5) is 0 Å². The van der Waals surface area contributed by atoms with Gasteiger partial charge in [-0.05, 0) is 22.8 Å². The molecule has 0 radical (unpaired) electrons. The first-order chi connectivity index (χ1) is 11.1. The van der Waals surface area contributed by atoms with Crippen LogP contribution in [0.1, 0.15) is 36.2 Å². The van der Waals surface area contributed by atoms with Crippen molar-refractivity contribution in [1.82, 2.24) is 10.1 Å². The number of aromatic nitrogens is 2. The van der Waals surface area contributed by atoms with Gasteiger partial charge in [-0.3, -0.25) is 4.79 Å². The summed E-state index contributed by atoms with van der Waals surface area (Å²) in [7, 11) is 0. The van der Waals surface area contributed by atoms with Crippen molar-refractivity contribution < 1.29 is 9.32 Å². The fraction of sp³-hybridized carbons (Fsp3) is 0.235. The molecular formula is C17H18N4O2. The Bertz CT molecular complexity index is 828. The molecule has 4 N–H and O–H groups in total. The molecule has 0 bridgehead atoms. The van der Waals surface area contributed by atoms with E-state index in [1.165, 1.54) is 10.8 Å². The van der Waals surface area contributed by atoms with Crippen LogP contribution in [-0.4, -0.2) is 16.0 Å². The van der Waals surface area contributed by atoms with E-state index >= 15 is 0 Å². The van der Waals surface area contributed by atoms with Gasteiger partial charge in [0.05, 0.1) is 6.04 Å². The molecule has 23 heavy (non-hydrogen) atoms. The minimum absolute atomic E-state index is 0.198. The van der Waals surface area contributed by atoms with Crippen molar-refractivity contribution in [3.63, 3.8) is 0 Å². The van der Waals surface area contributed by atoms with E-state index in [9.17, 15) is 4.79 Å². The molecule has 0 saturated heterocycles. The number of carbonyl (C=O) groups is 1. The summed E-state index contributed by atoms with van der Waals surface area (Å²) < 4.78 is 5.18. The van der Waals surface area contributed by atoms with Crippen LogP contribution < -0.4 is 11.5 Å². The molecule has 6 nitrogen and oxygen atoms in total. The van der Waals surface area contributed by atoms with Gasteiger partial charge in [-0.1, -0.05) is 47.6 Å². The van der Waals surface area contributed by atoms with Crippen LogP contribution in [0.15, 0.2) is 47.0 Å². The van der Waals surface area contributed by atoms with Gasteiger partial charge in [-0.25, -0.2) is 0 Å². The van der Waals surface area contributed by atoms with E-state index in [4.69, 9.17) is 16.0 Å². The van der Waals surface area contributed by atoms with E-state index in [0.29, 0.717) is 24.6 Å². The predicted octanol–water partition coefficient (Wildman–Crippen LogP) is 2.08. The van der Waals surface area contributed by atoms with Crippen LogP contribution in [-0.2, 0) is 11.2 Å².